The first-order chi connectivity index (χ1) is 3.97. The molecule has 0 aromatic carbocycles. The average Bonchev–Trinajstić information content (AvgIpc) is 2.15. The van der Waals surface area contributed by atoms with Crippen LogP contribution in [0.2, 0.25) is 0 Å². The van der Waals surface area contributed by atoms with Crippen LogP contribution in [0.1, 0.15) is 0 Å². The van der Waals surface area contributed by atoms with E-state index in [2.05, 4.69) is 9.89 Å². The van der Waals surface area contributed by atoms with Crippen molar-refractivity contribution >= 4 is 6.34 Å². The summed E-state index contributed by atoms with van der Waals surface area (Å²) in [7, 11) is 0. The number of nitrogens with zero attached hydrogens (tertiary/aromatic N) is 2. The number of rotatable bonds is 0. The summed E-state index contributed by atoms with van der Waals surface area (Å²) in [5.41, 5.74) is 0. The molecule has 2 aliphatic rings. The second-order valence-corrected chi connectivity index (χ2v) is 2.04. The predicted octanol–water partition coefficient (Wildman–Crippen LogP) is -0.313. The standard InChI is InChI=1S/C5H8N2O/c1-2-8-5-3-6-4-7(1)5/h4-5H,1-3H2. The largest absolute Gasteiger partial charge is 0.355 e. The van der Waals surface area contributed by atoms with Gasteiger partial charge in [0.1, 0.15) is 0 Å². The van der Waals surface area contributed by atoms with Crippen LogP contribution >= 0.6 is 0 Å². The second kappa shape index (κ2) is 1.45. The maximum absolute atomic E-state index is 5.28. The van der Waals surface area contributed by atoms with E-state index in [1.54, 1.807) is 0 Å². The predicted molar refractivity (Wildman–Crippen MR) is 29.8 cm³/mol. The first-order valence-electron chi connectivity index (χ1n) is 2.84. The van der Waals surface area contributed by atoms with E-state index in [1.807, 2.05) is 6.34 Å². The Kier molecular flexibility index (Phi) is 0.784. The van der Waals surface area contributed by atoms with Crippen LogP contribution in [-0.2, 0) is 4.74 Å². The number of hydrogen-bond acceptors (Lipinski definition) is 3. The van der Waals surface area contributed by atoms with E-state index in [1.165, 1.54) is 0 Å². The van der Waals surface area contributed by atoms with Gasteiger partial charge in [0.15, 0.2) is 6.23 Å². The normalized spacial score (nSPS) is 34.0. The molecule has 1 atom stereocenters. The van der Waals surface area contributed by atoms with E-state index in [4.69, 9.17) is 4.74 Å². The van der Waals surface area contributed by atoms with Crippen molar-refractivity contribution < 1.29 is 4.74 Å². The summed E-state index contributed by atoms with van der Waals surface area (Å²) in [6.07, 6.45) is 2.16. The minimum Gasteiger partial charge on any atom is -0.355 e. The van der Waals surface area contributed by atoms with E-state index in [0.717, 1.165) is 19.7 Å². The van der Waals surface area contributed by atoms with Crippen LogP contribution in [0.25, 0.3) is 0 Å². The molecule has 0 saturated carbocycles. The molecule has 2 aliphatic heterocycles. The molecule has 0 aromatic rings. The van der Waals surface area contributed by atoms with Crippen molar-refractivity contribution in [1.29, 1.82) is 0 Å². The van der Waals surface area contributed by atoms with Crippen LogP contribution in [-0.4, -0.2) is 37.2 Å². The Labute approximate surface area is 48.0 Å². The lowest BCUT2D eigenvalue weighted by atomic mass is 10.5. The highest BCUT2D eigenvalue weighted by atomic mass is 16.5. The molecule has 0 N–H and O–H groups in total. The van der Waals surface area contributed by atoms with Crippen LogP contribution in [0, 0.1) is 0 Å². The molecule has 0 aromatic heterocycles. The lowest BCUT2D eigenvalue weighted by molar-refractivity contribution is 0.0820. The lowest BCUT2D eigenvalue weighted by Gasteiger charge is -2.09. The zero-order valence-corrected chi connectivity index (χ0v) is 4.58. The molecular formula is C5H8N2O. The highest BCUT2D eigenvalue weighted by Gasteiger charge is 2.25. The smallest absolute Gasteiger partial charge is 0.150 e. The third-order valence-electron chi connectivity index (χ3n) is 1.52. The Balaban J connectivity index is 2.13. The van der Waals surface area contributed by atoms with E-state index in [0.29, 0.717) is 0 Å². The SMILES string of the molecule is C1=NCC2OCCN12. The lowest BCUT2D eigenvalue weighted by Crippen LogP contribution is -2.24. The van der Waals surface area contributed by atoms with Crippen molar-refractivity contribution in [3.05, 3.63) is 0 Å². The van der Waals surface area contributed by atoms with Gasteiger partial charge in [-0.05, 0) is 0 Å². The number of hydrogen-bond donors (Lipinski definition) is 0. The Hall–Kier alpha value is -0.570. The summed E-state index contributed by atoms with van der Waals surface area (Å²) in [5, 5.41) is 0. The maximum atomic E-state index is 5.28. The molecule has 1 saturated heterocycles. The molecular weight excluding hydrogens is 104 g/mol. The van der Waals surface area contributed by atoms with E-state index in [-0.39, 0.29) is 6.23 Å². The van der Waals surface area contributed by atoms with Crippen LogP contribution in [0.5, 0.6) is 0 Å². The average molecular weight is 112 g/mol. The molecule has 0 spiro atoms. The molecule has 3 nitrogen and oxygen atoms in total. The third kappa shape index (κ3) is 0.448. The van der Waals surface area contributed by atoms with E-state index < -0.39 is 0 Å². The highest BCUT2D eigenvalue weighted by Crippen LogP contribution is 2.11. The monoisotopic (exact) mass is 112 g/mol. The summed E-state index contributed by atoms with van der Waals surface area (Å²) >= 11 is 0. The van der Waals surface area contributed by atoms with Gasteiger partial charge in [-0.25, -0.2) is 0 Å². The topological polar surface area (TPSA) is 24.8 Å². The van der Waals surface area contributed by atoms with E-state index >= 15 is 0 Å². The van der Waals surface area contributed by atoms with Gasteiger partial charge < -0.3 is 9.64 Å². The van der Waals surface area contributed by atoms with Gasteiger partial charge in [0.2, 0.25) is 0 Å². The fourth-order valence-corrected chi connectivity index (χ4v) is 1.07. The maximum Gasteiger partial charge on any atom is 0.150 e. The minimum absolute atomic E-state index is 0.287. The fourth-order valence-electron chi connectivity index (χ4n) is 1.07. The molecule has 2 heterocycles. The third-order valence-corrected chi connectivity index (χ3v) is 1.52. The van der Waals surface area contributed by atoms with Crippen LogP contribution in [0.3, 0.4) is 0 Å². The number of fused-ring (bicyclic) bond motifs is 1. The van der Waals surface area contributed by atoms with Crippen LogP contribution in [0.15, 0.2) is 4.99 Å². The van der Waals surface area contributed by atoms with Crippen molar-refractivity contribution in [2.24, 2.45) is 4.99 Å². The summed E-state index contributed by atoms with van der Waals surface area (Å²) in [6, 6.07) is 0. The number of ether oxygens (including phenoxy) is 1. The molecule has 3 heteroatoms. The quantitative estimate of drug-likeness (QED) is 0.429. The Morgan fingerprint density at radius 1 is 1.75 bits per heavy atom. The summed E-state index contributed by atoms with van der Waals surface area (Å²) < 4.78 is 5.28. The van der Waals surface area contributed by atoms with Crippen molar-refractivity contribution in [1.82, 2.24) is 4.90 Å². The first kappa shape index (κ1) is 4.32. The molecule has 0 radical (unpaired) electrons. The molecule has 2 rings (SSSR count). The van der Waals surface area contributed by atoms with Gasteiger partial charge in [-0.15, -0.1) is 0 Å². The molecule has 1 unspecified atom stereocenters. The minimum atomic E-state index is 0.287. The summed E-state index contributed by atoms with van der Waals surface area (Å²) in [6.45, 7) is 2.73. The Morgan fingerprint density at radius 3 is 3.62 bits per heavy atom. The van der Waals surface area contributed by atoms with Gasteiger partial charge in [-0.2, -0.15) is 0 Å². The van der Waals surface area contributed by atoms with Crippen molar-refractivity contribution in [3.8, 4) is 0 Å². The second-order valence-electron chi connectivity index (χ2n) is 2.04. The van der Waals surface area contributed by atoms with Crippen molar-refractivity contribution in [2.45, 2.75) is 6.23 Å². The zero-order chi connectivity index (χ0) is 5.40. The van der Waals surface area contributed by atoms with Gasteiger partial charge in [0.25, 0.3) is 0 Å². The highest BCUT2D eigenvalue weighted by molar-refractivity contribution is 5.57. The van der Waals surface area contributed by atoms with Gasteiger partial charge in [0, 0.05) is 6.54 Å². The zero-order valence-electron chi connectivity index (χ0n) is 4.58. The Bertz CT molecular complexity index is 124. The molecule has 1 fully saturated rings. The van der Waals surface area contributed by atoms with Gasteiger partial charge in [-0.1, -0.05) is 0 Å². The number of aliphatic imine (C=N–C) groups is 1. The summed E-state index contributed by atoms with van der Waals surface area (Å²) in [5.74, 6) is 0. The first-order valence-corrected chi connectivity index (χ1v) is 2.84. The van der Waals surface area contributed by atoms with Crippen molar-refractivity contribution in [2.75, 3.05) is 19.7 Å². The van der Waals surface area contributed by atoms with Crippen LogP contribution < -0.4 is 0 Å². The fraction of sp³-hybridized carbons (Fsp3) is 0.800. The Morgan fingerprint density at radius 2 is 2.75 bits per heavy atom. The molecule has 0 bridgehead atoms. The van der Waals surface area contributed by atoms with Crippen LogP contribution in [0.4, 0.5) is 0 Å². The molecule has 44 valence electrons. The molecule has 0 amide bonds. The van der Waals surface area contributed by atoms with Crippen molar-refractivity contribution in [3.63, 3.8) is 0 Å². The molecule has 0 aliphatic carbocycles. The van der Waals surface area contributed by atoms with Gasteiger partial charge in [-0.3, -0.25) is 4.99 Å². The molecule has 8 heavy (non-hydrogen) atoms. The van der Waals surface area contributed by atoms with E-state index in [9.17, 15) is 0 Å². The van der Waals surface area contributed by atoms with Gasteiger partial charge in [0.05, 0.1) is 19.5 Å². The van der Waals surface area contributed by atoms with Gasteiger partial charge >= 0.3 is 0 Å². The summed E-state index contributed by atoms with van der Waals surface area (Å²) in [4.78, 5) is 6.17.